The SMILES string of the molecule is CC1NCCN(C(=O)c2cc(Cl)ccc2I)C1C.Cl. The van der Waals surface area contributed by atoms with Crippen molar-refractivity contribution in [3.8, 4) is 0 Å². The van der Waals surface area contributed by atoms with Crippen molar-refractivity contribution in [1.82, 2.24) is 10.2 Å². The fourth-order valence-electron chi connectivity index (χ4n) is 2.16. The lowest BCUT2D eigenvalue weighted by molar-refractivity contribution is 0.0602. The summed E-state index contributed by atoms with van der Waals surface area (Å²) in [6, 6.07) is 5.96. The van der Waals surface area contributed by atoms with Gasteiger partial charge in [0, 0.05) is 33.8 Å². The Kier molecular flexibility index (Phi) is 6.36. The van der Waals surface area contributed by atoms with Crippen LogP contribution in [-0.4, -0.2) is 36.0 Å². The van der Waals surface area contributed by atoms with Gasteiger partial charge in [0.25, 0.3) is 5.91 Å². The molecule has 1 aliphatic heterocycles. The first-order valence-corrected chi connectivity index (χ1v) is 7.46. The van der Waals surface area contributed by atoms with Crippen LogP contribution in [0, 0.1) is 3.57 Å². The zero-order valence-electron chi connectivity index (χ0n) is 10.8. The summed E-state index contributed by atoms with van der Waals surface area (Å²) in [7, 11) is 0. The van der Waals surface area contributed by atoms with Crippen LogP contribution in [0.25, 0.3) is 0 Å². The van der Waals surface area contributed by atoms with Gasteiger partial charge >= 0.3 is 0 Å². The average molecular weight is 415 g/mol. The highest BCUT2D eigenvalue weighted by molar-refractivity contribution is 14.1. The van der Waals surface area contributed by atoms with Crippen molar-refractivity contribution < 1.29 is 4.79 Å². The number of carbonyl (C=O) groups excluding carboxylic acids is 1. The van der Waals surface area contributed by atoms with Crippen molar-refractivity contribution >= 4 is 52.5 Å². The Morgan fingerprint density at radius 1 is 1.47 bits per heavy atom. The van der Waals surface area contributed by atoms with Gasteiger partial charge in [-0.1, -0.05) is 11.6 Å². The topological polar surface area (TPSA) is 32.3 Å². The summed E-state index contributed by atoms with van der Waals surface area (Å²) in [6.45, 7) is 5.76. The lowest BCUT2D eigenvalue weighted by atomic mass is 10.1. The van der Waals surface area contributed by atoms with E-state index < -0.39 is 0 Å². The van der Waals surface area contributed by atoms with E-state index in [1.165, 1.54) is 0 Å². The number of hydrogen-bond acceptors (Lipinski definition) is 2. The molecule has 2 atom stereocenters. The normalized spacial score (nSPS) is 22.8. The molecule has 1 N–H and O–H groups in total. The van der Waals surface area contributed by atoms with Crippen LogP contribution in [0.4, 0.5) is 0 Å². The van der Waals surface area contributed by atoms with E-state index in [0.29, 0.717) is 16.6 Å². The third-order valence-electron chi connectivity index (χ3n) is 3.45. The standard InChI is InChI=1S/C13H16ClIN2O.ClH/c1-8-9(2)17(6-5-16-8)13(18)11-7-10(14)3-4-12(11)15;/h3-4,7-9,16H,5-6H2,1-2H3;1H. The second-order valence-electron chi connectivity index (χ2n) is 4.61. The second-order valence-corrected chi connectivity index (χ2v) is 6.20. The van der Waals surface area contributed by atoms with Gasteiger partial charge in [-0.25, -0.2) is 0 Å². The third-order valence-corrected chi connectivity index (χ3v) is 4.63. The molecular formula is C13H17Cl2IN2O. The molecule has 1 heterocycles. The van der Waals surface area contributed by atoms with Crippen LogP contribution in [0.5, 0.6) is 0 Å². The maximum Gasteiger partial charge on any atom is 0.255 e. The highest BCUT2D eigenvalue weighted by Crippen LogP contribution is 2.21. The smallest absolute Gasteiger partial charge is 0.255 e. The molecule has 1 aromatic rings. The van der Waals surface area contributed by atoms with E-state index in [2.05, 4.69) is 41.8 Å². The minimum atomic E-state index is 0. The molecule has 19 heavy (non-hydrogen) atoms. The summed E-state index contributed by atoms with van der Waals surface area (Å²) in [5.74, 6) is 0.0720. The molecule has 0 aliphatic carbocycles. The van der Waals surface area contributed by atoms with Crippen LogP contribution < -0.4 is 5.32 Å². The molecule has 0 saturated carbocycles. The van der Waals surface area contributed by atoms with Crippen molar-refractivity contribution in [2.75, 3.05) is 13.1 Å². The summed E-state index contributed by atoms with van der Waals surface area (Å²) < 4.78 is 0.945. The number of amides is 1. The number of benzene rings is 1. The number of nitrogens with one attached hydrogen (secondary N) is 1. The molecule has 0 radical (unpaired) electrons. The molecule has 6 heteroatoms. The first kappa shape index (κ1) is 17.0. The molecule has 2 unspecified atom stereocenters. The van der Waals surface area contributed by atoms with E-state index in [1.54, 1.807) is 6.07 Å². The minimum absolute atomic E-state index is 0. The van der Waals surface area contributed by atoms with Gasteiger partial charge in [0.05, 0.1) is 5.56 Å². The number of hydrogen-bond donors (Lipinski definition) is 1. The zero-order chi connectivity index (χ0) is 13.3. The molecule has 3 nitrogen and oxygen atoms in total. The fourth-order valence-corrected chi connectivity index (χ4v) is 2.90. The second kappa shape index (κ2) is 7.11. The number of rotatable bonds is 1. The summed E-state index contributed by atoms with van der Waals surface area (Å²) in [5, 5.41) is 3.98. The molecule has 1 aliphatic rings. The van der Waals surface area contributed by atoms with Crippen LogP contribution in [0.1, 0.15) is 24.2 Å². The van der Waals surface area contributed by atoms with Crippen LogP contribution in [-0.2, 0) is 0 Å². The average Bonchev–Trinajstić information content (AvgIpc) is 2.35. The van der Waals surface area contributed by atoms with Gasteiger partial charge in [0.1, 0.15) is 0 Å². The molecule has 106 valence electrons. The Labute approximate surface area is 138 Å². The quantitative estimate of drug-likeness (QED) is 0.715. The molecule has 1 aromatic carbocycles. The predicted molar refractivity (Wildman–Crippen MR) is 89.4 cm³/mol. The van der Waals surface area contributed by atoms with Crippen molar-refractivity contribution in [1.29, 1.82) is 0 Å². The van der Waals surface area contributed by atoms with Crippen molar-refractivity contribution in [2.24, 2.45) is 0 Å². The van der Waals surface area contributed by atoms with Crippen LogP contribution >= 0.6 is 46.6 Å². The number of halogens is 3. The largest absolute Gasteiger partial charge is 0.333 e. The Morgan fingerprint density at radius 2 is 2.16 bits per heavy atom. The van der Waals surface area contributed by atoms with Gasteiger partial charge in [0.15, 0.2) is 0 Å². The van der Waals surface area contributed by atoms with E-state index in [0.717, 1.165) is 16.7 Å². The van der Waals surface area contributed by atoms with Crippen LogP contribution in [0.3, 0.4) is 0 Å². The van der Waals surface area contributed by atoms with Gasteiger partial charge in [0.2, 0.25) is 0 Å². The molecule has 1 amide bonds. The lowest BCUT2D eigenvalue weighted by Gasteiger charge is -2.38. The zero-order valence-corrected chi connectivity index (χ0v) is 14.6. The molecule has 2 rings (SSSR count). The molecule has 1 saturated heterocycles. The Morgan fingerprint density at radius 3 is 2.84 bits per heavy atom. The number of carbonyl (C=O) groups is 1. The van der Waals surface area contributed by atoms with Crippen molar-refractivity contribution in [3.05, 3.63) is 32.4 Å². The van der Waals surface area contributed by atoms with Gasteiger partial charge in [-0.2, -0.15) is 0 Å². The maximum atomic E-state index is 12.6. The Bertz CT molecular complexity index is 470. The summed E-state index contributed by atoms with van der Waals surface area (Å²) in [4.78, 5) is 14.5. The molecule has 0 bridgehead atoms. The number of nitrogens with zero attached hydrogens (tertiary/aromatic N) is 1. The van der Waals surface area contributed by atoms with Crippen LogP contribution in [0.15, 0.2) is 18.2 Å². The first-order chi connectivity index (χ1) is 8.50. The summed E-state index contributed by atoms with van der Waals surface area (Å²) in [5.41, 5.74) is 0.698. The van der Waals surface area contributed by atoms with Gasteiger partial charge < -0.3 is 10.2 Å². The highest BCUT2D eigenvalue weighted by Gasteiger charge is 2.29. The van der Waals surface area contributed by atoms with Gasteiger partial charge in [-0.05, 0) is 54.6 Å². The van der Waals surface area contributed by atoms with Crippen LogP contribution in [0.2, 0.25) is 5.02 Å². The minimum Gasteiger partial charge on any atom is -0.333 e. The van der Waals surface area contributed by atoms with E-state index in [1.807, 2.05) is 17.0 Å². The van der Waals surface area contributed by atoms with E-state index in [-0.39, 0.29) is 24.4 Å². The molecule has 0 spiro atoms. The summed E-state index contributed by atoms with van der Waals surface area (Å²) in [6.07, 6.45) is 0. The monoisotopic (exact) mass is 414 g/mol. The Hall–Kier alpha value is -0.0400. The molecule has 0 aromatic heterocycles. The predicted octanol–water partition coefficient (Wildman–Crippen LogP) is 3.19. The highest BCUT2D eigenvalue weighted by atomic mass is 127. The fraction of sp³-hybridized carbons (Fsp3) is 0.462. The third kappa shape index (κ3) is 3.74. The van der Waals surface area contributed by atoms with Gasteiger partial charge in [-0.3, -0.25) is 4.79 Å². The van der Waals surface area contributed by atoms with E-state index in [4.69, 9.17) is 11.6 Å². The maximum absolute atomic E-state index is 12.6. The van der Waals surface area contributed by atoms with Crippen molar-refractivity contribution in [3.63, 3.8) is 0 Å². The summed E-state index contributed by atoms with van der Waals surface area (Å²) >= 11 is 8.16. The molecule has 1 fully saturated rings. The molecular weight excluding hydrogens is 398 g/mol. The van der Waals surface area contributed by atoms with Crippen molar-refractivity contribution in [2.45, 2.75) is 25.9 Å². The van der Waals surface area contributed by atoms with E-state index in [9.17, 15) is 4.79 Å². The number of piperazine rings is 1. The Balaban J connectivity index is 0.00000180. The lowest BCUT2D eigenvalue weighted by Crippen LogP contribution is -2.57. The van der Waals surface area contributed by atoms with E-state index >= 15 is 0 Å². The van der Waals surface area contributed by atoms with Gasteiger partial charge in [-0.15, -0.1) is 12.4 Å². The first-order valence-electron chi connectivity index (χ1n) is 6.00.